The van der Waals surface area contributed by atoms with Crippen molar-refractivity contribution >= 4 is 39.5 Å². The van der Waals surface area contributed by atoms with Crippen LogP contribution < -0.4 is 0 Å². The number of unbranched alkanes of at least 4 members (excludes halogenated alkanes) is 40. The Labute approximate surface area is 549 Å². The first-order valence-electron chi connectivity index (χ1n) is 37.0. The number of ether oxygens (including phenoxy) is 4. The third-order valence-electron chi connectivity index (χ3n) is 16.5. The highest BCUT2D eigenvalue weighted by atomic mass is 31.2. The zero-order valence-corrected chi connectivity index (χ0v) is 60.2. The van der Waals surface area contributed by atoms with Crippen LogP contribution in [0.5, 0.6) is 0 Å². The molecular weight excluding hydrogens is 1190 g/mol. The van der Waals surface area contributed by atoms with Gasteiger partial charge in [-0.15, -0.1) is 0 Å². The molecule has 90 heavy (non-hydrogen) atoms. The second kappa shape index (κ2) is 63.1. The number of rotatable bonds is 70. The molecule has 0 radical (unpaired) electrons. The van der Waals surface area contributed by atoms with Gasteiger partial charge in [-0.3, -0.25) is 37.3 Å². The van der Waals surface area contributed by atoms with Gasteiger partial charge in [0.1, 0.15) is 19.3 Å². The summed E-state index contributed by atoms with van der Waals surface area (Å²) in [6, 6.07) is 0. The summed E-state index contributed by atoms with van der Waals surface area (Å²) in [6.07, 6.45) is 48.7. The summed E-state index contributed by atoms with van der Waals surface area (Å²) in [4.78, 5) is 72.5. The fraction of sp³-hybridized carbons (Fsp3) is 0.944. The maximum Gasteiger partial charge on any atom is 0.472 e. The second-order valence-electron chi connectivity index (χ2n) is 26.6. The van der Waals surface area contributed by atoms with E-state index in [0.717, 1.165) is 115 Å². The molecule has 0 bridgehead atoms. The summed E-state index contributed by atoms with van der Waals surface area (Å²) in [5, 5.41) is 10.6. The smallest absolute Gasteiger partial charge is 0.462 e. The van der Waals surface area contributed by atoms with Gasteiger partial charge < -0.3 is 33.8 Å². The number of esters is 4. The molecule has 2 unspecified atom stereocenters. The summed E-state index contributed by atoms with van der Waals surface area (Å²) in [5.41, 5.74) is 0. The van der Waals surface area contributed by atoms with Gasteiger partial charge in [0.2, 0.25) is 0 Å². The second-order valence-corrected chi connectivity index (χ2v) is 29.5. The van der Waals surface area contributed by atoms with Crippen LogP contribution in [0.1, 0.15) is 363 Å². The number of carbonyl (C=O) groups excluding carboxylic acids is 4. The van der Waals surface area contributed by atoms with E-state index in [0.29, 0.717) is 25.7 Å². The van der Waals surface area contributed by atoms with Crippen molar-refractivity contribution in [2.75, 3.05) is 39.6 Å². The average Bonchev–Trinajstić information content (AvgIpc) is 3.10. The summed E-state index contributed by atoms with van der Waals surface area (Å²) >= 11 is 0. The van der Waals surface area contributed by atoms with Gasteiger partial charge in [-0.2, -0.15) is 0 Å². The highest BCUT2D eigenvalue weighted by Crippen LogP contribution is 2.45. The topological polar surface area (TPSA) is 237 Å². The van der Waals surface area contributed by atoms with Crippen LogP contribution in [0.15, 0.2) is 0 Å². The van der Waals surface area contributed by atoms with E-state index in [2.05, 4.69) is 41.5 Å². The molecule has 0 aromatic carbocycles. The number of hydrogen-bond donors (Lipinski definition) is 3. The van der Waals surface area contributed by atoms with Crippen molar-refractivity contribution in [1.29, 1.82) is 0 Å². The van der Waals surface area contributed by atoms with Crippen LogP contribution >= 0.6 is 15.6 Å². The highest BCUT2D eigenvalue weighted by Gasteiger charge is 2.30. The normalized spacial score (nSPS) is 14.1. The molecule has 0 aliphatic rings. The van der Waals surface area contributed by atoms with Gasteiger partial charge in [0.05, 0.1) is 26.4 Å². The SMILES string of the molecule is CCCCCCCCCCCCCCCCCC(=O)OC[C@H](COP(=O)(O)OC[C@@H](O)COP(=O)(O)OC[C@@H](COC(=O)CCCCCCCCC)OC(=O)CCCCCCCCCCCC(C)C)OC(=O)CCCCCCCCCCCCCCCC(C)C. The molecule has 0 rings (SSSR count). The van der Waals surface area contributed by atoms with E-state index < -0.39 is 97.5 Å². The maximum atomic E-state index is 13.0. The highest BCUT2D eigenvalue weighted by molar-refractivity contribution is 7.47. The van der Waals surface area contributed by atoms with Crippen LogP contribution in [0, 0.1) is 11.8 Å². The molecule has 0 spiro atoms. The van der Waals surface area contributed by atoms with Gasteiger partial charge in [-0.1, -0.05) is 311 Å². The quantitative estimate of drug-likeness (QED) is 0.0222. The van der Waals surface area contributed by atoms with E-state index >= 15 is 0 Å². The largest absolute Gasteiger partial charge is 0.472 e. The van der Waals surface area contributed by atoms with Crippen molar-refractivity contribution in [3.63, 3.8) is 0 Å². The molecule has 0 heterocycles. The van der Waals surface area contributed by atoms with Crippen molar-refractivity contribution in [2.24, 2.45) is 11.8 Å². The van der Waals surface area contributed by atoms with E-state index in [-0.39, 0.29) is 25.7 Å². The fourth-order valence-corrected chi connectivity index (χ4v) is 12.3. The lowest BCUT2D eigenvalue weighted by Crippen LogP contribution is -2.30. The third kappa shape index (κ3) is 64.8. The first-order chi connectivity index (χ1) is 43.4. The minimum Gasteiger partial charge on any atom is -0.462 e. The van der Waals surface area contributed by atoms with Crippen molar-refractivity contribution in [1.82, 2.24) is 0 Å². The number of carbonyl (C=O) groups is 4. The van der Waals surface area contributed by atoms with Crippen molar-refractivity contribution in [2.45, 2.75) is 381 Å². The molecule has 0 amide bonds. The van der Waals surface area contributed by atoms with E-state index in [4.69, 9.17) is 37.0 Å². The molecule has 19 heteroatoms. The first-order valence-corrected chi connectivity index (χ1v) is 40.0. The van der Waals surface area contributed by atoms with Gasteiger partial charge in [0.25, 0.3) is 0 Å². The lowest BCUT2D eigenvalue weighted by atomic mass is 10.0. The minimum atomic E-state index is -4.95. The molecule has 534 valence electrons. The Morgan fingerprint density at radius 1 is 0.300 bits per heavy atom. The van der Waals surface area contributed by atoms with Crippen LogP contribution in [0.2, 0.25) is 0 Å². The van der Waals surface area contributed by atoms with Gasteiger partial charge >= 0.3 is 39.5 Å². The predicted octanol–water partition coefficient (Wildman–Crippen LogP) is 20.4. The first kappa shape index (κ1) is 88.1. The Morgan fingerprint density at radius 3 is 0.756 bits per heavy atom. The van der Waals surface area contributed by atoms with Crippen molar-refractivity contribution in [3.8, 4) is 0 Å². The predicted molar refractivity (Wildman–Crippen MR) is 363 cm³/mol. The number of phosphoric ester groups is 2. The monoisotopic (exact) mass is 1320 g/mol. The molecule has 0 fully saturated rings. The number of aliphatic hydroxyl groups excluding tert-OH is 1. The number of hydrogen-bond acceptors (Lipinski definition) is 15. The average molecular weight is 1330 g/mol. The number of phosphoric acid groups is 2. The Morgan fingerprint density at radius 2 is 0.511 bits per heavy atom. The molecule has 0 aliphatic heterocycles. The van der Waals surface area contributed by atoms with Gasteiger partial charge in [-0.25, -0.2) is 9.13 Å². The Hall–Kier alpha value is -1.94. The molecule has 3 N–H and O–H groups in total. The summed E-state index contributed by atoms with van der Waals surface area (Å²) in [6.45, 7) is 9.51. The van der Waals surface area contributed by atoms with Crippen LogP contribution in [0.4, 0.5) is 0 Å². The van der Waals surface area contributed by atoms with E-state index in [1.165, 1.54) is 167 Å². The number of aliphatic hydroxyl groups is 1. The Bertz CT molecular complexity index is 1750. The Balaban J connectivity index is 5.21. The fourth-order valence-electron chi connectivity index (χ4n) is 10.8. The molecule has 0 aromatic heterocycles. The standard InChI is InChI=1S/C71H138O17P2/c1-7-9-11-13-15-16-17-18-19-22-25-30-36-42-48-54-69(74)82-60-67(88-70(75)55-49-43-37-31-26-23-20-21-24-28-34-39-45-51-63(3)4)62-86-90(79,80)84-58-65(72)57-83-89(77,78)85-61-66(59-81-68(73)53-47-41-33-14-12-10-8-2)87-71(76)56-50-44-38-32-27-29-35-40-46-52-64(5)6/h63-67,72H,7-62H2,1-6H3,(H,77,78)(H,79,80)/t65-,66+,67+/m0/s1. The van der Waals surface area contributed by atoms with E-state index in [1.807, 2.05) is 0 Å². The Kier molecular flexibility index (Phi) is 61.8. The van der Waals surface area contributed by atoms with Crippen molar-refractivity contribution < 1.29 is 80.2 Å². The van der Waals surface area contributed by atoms with Gasteiger partial charge in [0, 0.05) is 25.7 Å². The van der Waals surface area contributed by atoms with Crippen LogP contribution in [0.3, 0.4) is 0 Å². The molecule has 0 saturated heterocycles. The third-order valence-corrected chi connectivity index (χ3v) is 18.4. The molecule has 0 aliphatic carbocycles. The summed E-state index contributed by atoms with van der Waals surface area (Å²) in [5.74, 6) is -0.603. The molecule has 0 aromatic rings. The zero-order chi connectivity index (χ0) is 66.5. The maximum absolute atomic E-state index is 13.0. The van der Waals surface area contributed by atoms with Crippen molar-refractivity contribution in [3.05, 3.63) is 0 Å². The van der Waals surface area contributed by atoms with Crippen LogP contribution in [-0.4, -0.2) is 96.7 Å². The molecular formula is C71H138O17P2. The van der Waals surface area contributed by atoms with Crippen LogP contribution in [-0.2, 0) is 65.4 Å². The van der Waals surface area contributed by atoms with Crippen LogP contribution in [0.25, 0.3) is 0 Å². The molecule has 17 nitrogen and oxygen atoms in total. The lowest BCUT2D eigenvalue weighted by molar-refractivity contribution is -0.161. The molecule has 5 atom stereocenters. The van der Waals surface area contributed by atoms with Gasteiger partial charge in [0.15, 0.2) is 12.2 Å². The molecule has 0 saturated carbocycles. The van der Waals surface area contributed by atoms with Gasteiger partial charge in [-0.05, 0) is 37.5 Å². The minimum absolute atomic E-state index is 0.105. The van der Waals surface area contributed by atoms with E-state index in [9.17, 15) is 43.2 Å². The zero-order valence-electron chi connectivity index (χ0n) is 58.4. The summed E-state index contributed by atoms with van der Waals surface area (Å²) < 4.78 is 68.2. The lowest BCUT2D eigenvalue weighted by Gasteiger charge is -2.21. The van der Waals surface area contributed by atoms with E-state index in [1.54, 1.807) is 0 Å². The summed E-state index contributed by atoms with van der Waals surface area (Å²) in [7, 11) is -9.90.